The van der Waals surface area contributed by atoms with E-state index in [1.54, 1.807) is 42.5 Å². The van der Waals surface area contributed by atoms with E-state index >= 15 is 0 Å². The van der Waals surface area contributed by atoms with Gasteiger partial charge in [0.15, 0.2) is 0 Å². The first kappa shape index (κ1) is 18.9. The van der Waals surface area contributed by atoms with E-state index in [4.69, 9.17) is 4.74 Å². The van der Waals surface area contributed by atoms with E-state index in [1.165, 1.54) is 0 Å². The van der Waals surface area contributed by atoms with Crippen molar-refractivity contribution >= 4 is 11.8 Å². The maximum absolute atomic E-state index is 12.2. The molecule has 5 nitrogen and oxygen atoms in total. The molecule has 0 heterocycles. The summed E-state index contributed by atoms with van der Waals surface area (Å²) in [6.07, 6.45) is 1.64. The third kappa shape index (κ3) is 4.86. The van der Waals surface area contributed by atoms with Gasteiger partial charge in [0.2, 0.25) is 0 Å². The van der Waals surface area contributed by atoms with E-state index in [-0.39, 0.29) is 5.91 Å². The number of hydrazine groups is 1. The number of benzene rings is 3. The number of carbonyl (C=O) groups excluding carboxylic acids is 2. The van der Waals surface area contributed by atoms with Gasteiger partial charge in [0.1, 0.15) is 12.4 Å². The Hall–Kier alpha value is -3.86. The minimum absolute atomic E-state index is 0.390. The summed E-state index contributed by atoms with van der Waals surface area (Å²) in [5, 5.41) is 0. The monoisotopic (exact) mass is 372 g/mol. The highest BCUT2D eigenvalue weighted by molar-refractivity contribution is 5.99. The lowest BCUT2D eigenvalue weighted by molar-refractivity contribution is 0.0846. The second-order valence-electron chi connectivity index (χ2n) is 5.98. The number of ether oxygens (including phenoxy) is 1. The van der Waals surface area contributed by atoms with E-state index in [9.17, 15) is 9.59 Å². The molecule has 3 aromatic rings. The summed E-state index contributed by atoms with van der Waals surface area (Å²) in [6.45, 7) is 3.97. The molecule has 0 saturated heterocycles. The maximum atomic E-state index is 12.2. The normalized spacial score (nSPS) is 10.0. The Labute approximate surface area is 163 Å². The van der Waals surface area contributed by atoms with Crippen molar-refractivity contribution in [1.82, 2.24) is 10.9 Å². The van der Waals surface area contributed by atoms with Crippen LogP contribution in [0.2, 0.25) is 0 Å². The van der Waals surface area contributed by atoms with Gasteiger partial charge in [-0.1, -0.05) is 55.1 Å². The van der Waals surface area contributed by atoms with Crippen molar-refractivity contribution in [3.8, 4) is 16.9 Å². The number of hydrogen-bond acceptors (Lipinski definition) is 3. The van der Waals surface area contributed by atoms with Crippen LogP contribution < -0.4 is 15.6 Å². The molecule has 0 fully saturated rings. The fourth-order valence-electron chi connectivity index (χ4n) is 2.56. The lowest BCUT2D eigenvalue weighted by Crippen LogP contribution is -2.41. The fourth-order valence-corrected chi connectivity index (χ4v) is 2.56. The minimum atomic E-state index is -0.412. The summed E-state index contributed by atoms with van der Waals surface area (Å²) >= 11 is 0. The third-order valence-corrected chi connectivity index (χ3v) is 4.03. The average Bonchev–Trinajstić information content (AvgIpc) is 2.77. The molecule has 0 spiro atoms. The van der Waals surface area contributed by atoms with E-state index in [1.807, 2.05) is 42.5 Å². The smallest absolute Gasteiger partial charge is 0.269 e. The van der Waals surface area contributed by atoms with Crippen LogP contribution in [0.3, 0.4) is 0 Å². The van der Waals surface area contributed by atoms with Gasteiger partial charge in [-0.05, 0) is 47.5 Å². The Kier molecular flexibility index (Phi) is 6.21. The van der Waals surface area contributed by atoms with Crippen LogP contribution in [0.15, 0.2) is 91.5 Å². The van der Waals surface area contributed by atoms with Gasteiger partial charge in [0.05, 0.1) is 0 Å². The van der Waals surface area contributed by atoms with Crippen LogP contribution in [0.1, 0.15) is 20.7 Å². The second-order valence-corrected chi connectivity index (χ2v) is 5.98. The molecule has 3 aromatic carbocycles. The number of rotatable bonds is 6. The predicted molar refractivity (Wildman–Crippen MR) is 109 cm³/mol. The van der Waals surface area contributed by atoms with Crippen LogP contribution in [0.4, 0.5) is 0 Å². The highest BCUT2D eigenvalue weighted by atomic mass is 16.5. The number of nitrogens with one attached hydrogen (secondary N) is 2. The average molecular weight is 372 g/mol. The quantitative estimate of drug-likeness (QED) is 0.508. The van der Waals surface area contributed by atoms with Crippen molar-refractivity contribution in [2.45, 2.75) is 0 Å². The lowest BCUT2D eigenvalue weighted by Gasteiger charge is -2.09. The van der Waals surface area contributed by atoms with Crippen molar-refractivity contribution in [3.63, 3.8) is 0 Å². The lowest BCUT2D eigenvalue weighted by atomic mass is 10.0. The van der Waals surface area contributed by atoms with Crippen LogP contribution in [-0.4, -0.2) is 18.4 Å². The molecule has 0 aliphatic heterocycles. The zero-order chi connectivity index (χ0) is 19.8. The molecule has 0 unspecified atom stereocenters. The summed E-state index contributed by atoms with van der Waals surface area (Å²) < 4.78 is 5.37. The molecular formula is C23H20N2O3. The summed E-state index contributed by atoms with van der Waals surface area (Å²) in [7, 11) is 0. The molecule has 3 rings (SSSR count). The van der Waals surface area contributed by atoms with Crippen molar-refractivity contribution in [2.75, 3.05) is 6.61 Å². The minimum Gasteiger partial charge on any atom is -0.490 e. The van der Waals surface area contributed by atoms with E-state index in [0.29, 0.717) is 23.5 Å². The predicted octanol–water partition coefficient (Wildman–Crippen LogP) is 3.99. The van der Waals surface area contributed by atoms with E-state index in [0.717, 1.165) is 11.1 Å². The van der Waals surface area contributed by atoms with Crippen LogP contribution in [-0.2, 0) is 0 Å². The Balaban J connectivity index is 1.56. The Morgan fingerprint density at radius 3 is 1.79 bits per heavy atom. The van der Waals surface area contributed by atoms with Crippen LogP contribution in [0.5, 0.6) is 5.75 Å². The molecule has 2 N–H and O–H groups in total. The summed E-state index contributed by atoms with van der Waals surface area (Å²) in [6, 6.07) is 23.7. The molecule has 0 aliphatic carbocycles. The van der Waals surface area contributed by atoms with Crippen molar-refractivity contribution in [2.24, 2.45) is 0 Å². The van der Waals surface area contributed by atoms with E-state index in [2.05, 4.69) is 17.4 Å². The second kappa shape index (κ2) is 9.19. The van der Waals surface area contributed by atoms with Gasteiger partial charge < -0.3 is 4.74 Å². The van der Waals surface area contributed by atoms with Crippen molar-refractivity contribution in [1.29, 1.82) is 0 Å². The molecular weight excluding hydrogens is 352 g/mol. The molecule has 2 amide bonds. The van der Waals surface area contributed by atoms with Crippen molar-refractivity contribution < 1.29 is 14.3 Å². The standard InChI is InChI=1S/C23H20N2O3/c1-2-16-28-21-14-12-20(13-15-21)23(27)25-24-22(26)19-10-8-18(9-11-19)17-6-4-3-5-7-17/h2-15H,1,16H2,(H,24,26)(H,25,27). The maximum Gasteiger partial charge on any atom is 0.269 e. The van der Waals surface area contributed by atoms with Gasteiger partial charge in [-0.2, -0.15) is 0 Å². The van der Waals surface area contributed by atoms with Gasteiger partial charge in [-0.3, -0.25) is 20.4 Å². The van der Waals surface area contributed by atoms with Gasteiger partial charge in [0.25, 0.3) is 11.8 Å². The van der Waals surface area contributed by atoms with Gasteiger partial charge in [-0.15, -0.1) is 0 Å². The number of carbonyl (C=O) groups is 2. The summed E-state index contributed by atoms with van der Waals surface area (Å²) in [5.41, 5.74) is 7.78. The molecule has 0 aromatic heterocycles. The van der Waals surface area contributed by atoms with E-state index < -0.39 is 5.91 Å². The van der Waals surface area contributed by atoms with Crippen molar-refractivity contribution in [3.05, 3.63) is 103 Å². The van der Waals surface area contributed by atoms with Crippen LogP contribution in [0, 0.1) is 0 Å². The van der Waals surface area contributed by atoms with Gasteiger partial charge in [-0.25, -0.2) is 0 Å². The van der Waals surface area contributed by atoms with Crippen LogP contribution in [0.25, 0.3) is 11.1 Å². The first-order valence-corrected chi connectivity index (χ1v) is 8.77. The summed E-state index contributed by atoms with van der Waals surface area (Å²) in [5.74, 6) is -0.164. The van der Waals surface area contributed by atoms with Gasteiger partial charge in [0, 0.05) is 11.1 Å². The Morgan fingerprint density at radius 1 is 0.750 bits per heavy atom. The zero-order valence-corrected chi connectivity index (χ0v) is 15.2. The first-order chi connectivity index (χ1) is 13.7. The zero-order valence-electron chi connectivity index (χ0n) is 15.2. The molecule has 5 heteroatoms. The molecule has 140 valence electrons. The first-order valence-electron chi connectivity index (χ1n) is 8.77. The highest BCUT2D eigenvalue weighted by Gasteiger charge is 2.09. The Morgan fingerprint density at radius 2 is 1.25 bits per heavy atom. The molecule has 0 atom stereocenters. The van der Waals surface area contributed by atoms with Crippen LogP contribution >= 0.6 is 0 Å². The molecule has 28 heavy (non-hydrogen) atoms. The SMILES string of the molecule is C=CCOc1ccc(C(=O)NNC(=O)c2ccc(-c3ccccc3)cc2)cc1. The van der Waals surface area contributed by atoms with Gasteiger partial charge >= 0.3 is 0 Å². The largest absolute Gasteiger partial charge is 0.490 e. The molecule has 0 saturated carbocycles. The Bertz CT molecular complexity index is 949. The highest BCUT2D eigenvalue weighted by Crippen LogP contribution is 2.19. The molecule has 0 bridgehead atoms. The summed E-state index contributed by atoms with van der Waals surface area (Å²) in [4.78, 5) is 24.4. The topological polar surface area (TPSA) is 67.4 Å². The fraction of sp³-hybridized carbons (Fsp3) is 0.0435. The molecule has 0 aliphatic rings. The molecule has 0 radical (unpaired) electrons. The number of hydrogen-bond donors (Lipinski definition) is 2. The third-order valence-electron chi connectivity index (χ3n) is 4.03. The number of amides is 2.